The summed E-state index contributed by atoms with van der Waals surface area (Å²) < 4.78 is 0. The highest BCUT2D eigenvalue weighted by molar-refractivity contribution is 6.33. The van der Waals surface area contributed by atoms with E-state index in [-0.39, 0.29) is 12.5 Å². The number of nitrogens with one attached hydrogen (secondary N) is 2. The van der Waals surface area contributed by atoms with Crippen LogP contribution in [-0.2, 0) is 4.79 Å². The lowest BCUT2D eigenvalue weighted by atomic mass is 10.2. The molecule has 1 aromatic rings. The molecule has 19 heavy (non-hydrogen) atoms. The molecular formula is C13H16ClN3O2. The summed E-state index contributed by atoms with van der Waals surface area (Å²) in [5.41, 5.74) is 2.65. The average molecular weight is 282 g/mol. The lowest BCUT2D eigenvalue weighted by Gasteiger charge is -2.05. The number of hydrogen-bond acceptors (Lipinski definition) is 3. The van der Waals surface area contributed by atoms with Crippen LogP contribution in [0.2, 0.25) is 5.02 Å². The number of hydrazone groups is 1. The molecule has 0 saturated carbocycles. The second-order valence-electron chi connectivity index (χ2n) is 4.22. The Balaban J connectivity index is 2.43. The third-order valence-corrected chi connectivity index (χ3v) is 2.42. The van der Waals surface area contributed by atoms with E-state index in [1.165, 1.54) is 0 Å². The van der Waals surface area contributed by atoms with E-state index in [4.69, 9.17) is 11.6 Å². The van der Waals surface area contributed by atoms with E-state index in [0.717, 1.165) is 0 Å². The SMILES string of the molecule is CC(C)C=NNC(=O)CNC(=O)c1ccccc1Cl. The van der Waals surface area contributed by atoms with Gasteiger partial charge >= 0.3 is 0 Å². The maximum absolute atomic E-state index is 11.7. The van der Waals surface area contributed by atoms with Crippen LogP contribution < -0.4 is 10.7 Å². The molecule has 1 aromatic carbocycles. The molecule has 0 unspecified atom stereocenters. The first-order chi connectivity index (χ1) is 9.00. The minimum absolute atomic E-state index is 0.153. The summed E-state index contributed by atoms with van der Waals surface area (Å²) in [6, 6.07) is 6.64. The van der Waals surface area contributed by atoms with E-state index >= 15 is 0 Å². The molecule has 5 nitrogen and oxygen atoms in total. The fourth-order valence-corrected chi connectivity index (χ4v) is 1.42. The summed E-state index contributed by atoms with van der Waals surface area (Å²) in [5, 5.41) is 6.55. The second-order valence-corrected chi connectivity index (χ2v) is 4.63. The van der Waals surface area contributed by atoms with Crippen LogP contribution in [0.1, 0.15) is 24.2 Å². The van der Waals surface area contributed by atoms with E-state index in [1.54, 1.807) is 30.5 Å². The van der Waals surface area contributed by atoms with Crippen LogP contribution in [0, 0.1) is 5.92 Å². The molecule has 0 atom stereocenters. The Morgan fingerprint density at radius 1 is 1.37 bits per heavy atom. The van der Waals surface area contributed by atoms with Crippen molar-refractivity contribution in [3.63, 3.8) is 0 Å². The first-order valence-corrected chi connectivity index (χ1v) is 6.23. The number of benzene rings is 1. The van der Waals surface area contributed by atoms with Crippen molar-refractivity contribution >= 4 is 29.6 Å². The molecule has 6 heteroatoms. The van der Waals surface area contributed by atoms with Gasteiger partial charge in [-0.3, -0.25) is 9.59 Å². The molecule has 0 spiro atoms. The van der Waals surface area contributed by atoms with Crippen LogP contribution in [0.5, 0.6) is 0 Å². The number of amides is 2. The molecule has 0 radical (unpaired) electrons. The monoisotopic (exact) mass is 281 g/mol. The van der Waals surface area contributed by atoms with Crippen LogP contribution >= 0.6 is 11.6 Å². The van der Waals surface area contributed by atoms with Gasteiger partial charge in [0.25, 0.3) is 11.8 Å². The van der Waals surface area contributed by atoms with E-state index in [2.05, 4.69) is 15.8 Å². The minimum atomic E-state index is -0.395. The van der Waals surface area contributed by atoms with Crippen molar-refractivity contribution in [2.45, 2.75) is 13.8 Å². The molecule has 1 rings (SSSR count). The van der Waals surface area contributed by atoms with Gasteiger partial charge in [0.2, 0.25) is 0 Å². The summed E-state index contributed by atoms with van der Waals surface area (Å²) >= 11 is 5.87. The largest absolute Gasteiger partial charge is 0.343 e. The standard InChI is InChI=1S/C13H16ClN3O2/c1-9(2)7-16-17-12(18)8-15-13(19)10-5-3-4-6-11(10)14/h3-7,9H,8H2,1-2H3,(H,15,19)(H,17,18). The fraction of sp³-hybridized carbons (Fsp3) is 0.308. The summed E-state index contributed by atoms with van der Waals surface area (Å²) in [5.74, 6) is -0.538. The van der Waals surface area contributed by atoms with Crippen LogP contribution in [0.4, 0.5) is 0 Å². The minimum Gasteiger partial charge on any atom is -0.343 e. The van der Waals surface area contributed by atoms with Crippen LogP contribution in [0.15, 0.2) is 29.4 Å². The van der Waals surface area contributed by atoms with Crippen molar-refractivity contribution in [2.24, 2.45) is 11.0 Å². The number of halogens is 1. The molecule has 102 valence electrons. The molecule has 0 aliphatic heterocycles. The third kappa shape index (κ3) is 5.52. The predicted molar refractivity (Wildman–Crippen MR) is 75.3 cm³/mol. The van der Waals surface area contributed by atoms with Crippen molar-refractivity contribution in [1.82, 2.24) is 10.7 Å². The highest BCUT2D eigenvalue weighted by atomic mass is 35.5. The summed E-state index contributed by atoms with van der Waals surface area (Å²) in [4.78, 5) is 23.1. The van der Waals surface area contributed by atoms with Crippen molar-refractivity contribution < 1.29 is 9.59 Å². The predicted octanol–water partition coefficient (Wildman–Crippen LogP) is 1.83. The van der Waals surface area contributed by atoms with E-state index in [0.29, 0.717) is 10.6 Å². The van der Waals surface area contributed by atoms with Gasteiger partial charge in [0, 0.05) is 6.21 Å². The van der Waals surface area contributed by atoms with Crippen molar-refractivity contribution in [2.75, 3.05) is 6.54 Å². The zero-order valence-corrected chi connectivity index (χ0v) is 11.6. The van der Waals surface area contributed by atoms with Gasteiger partial charge in [-0.2, -0.15) is 5.10 Å². The normalized spacial score (nSPS) is 10.7. The number of hydrogen-bond donors (Lipinski definition) is 2. The Labute approximate surface area is 117 Å². The topological polar surface area (TPSA) is 70.6 Å². The zero-order valence-electron chi connectivity index (χ0n) is 10.8. The van der Waals surface area contributed by atoms with Crippen LogP contribution in [-0.4, -0.2) is 24.6 Å². The van der Waals surface area contributed by atoms with Crippen molar-refractivity contribution in [1.29, 1.82) is 0 Å². The first-order valence-electron chi connectivity index (χ1n) is 5.85. The lowest BCUT2D eigenvalue weighted by Crippen LogP contribution is -2.35. The number of nitrogens with zero attached hydrogens (tertiary/aromatic N) is 1. The maximum Gasteiger partial charge on any atom is 0.259 e. The van der Waals surface area contributed by atoms with E-state index in [1.807, 2.05) is 13.8 Å². The molecule has 2 N–H and O–H groups in total. The molecule has 0 aliphatic rings. The molecular weight excluding hydrogens is 266 g/mol. The van der Waals surface area contributed by atoms with Crippen molar-refractivity contribution in [3.8, 4) is 0 Å². The molecule has 0 aliphatic carbocycles. The second kappa shape index (κ2) is 7.53. The molecule has 0 bridgehead atoms. The van der Waals surface area contributed by atoms with Gasteiger partial charge in [-0.1, -0.05) is 37.6 Å². The Morgan fingerprint density at radius 2 is 2.05 bits per heavy atom. The van der Waals surface area contributed by atoms with Gasteiger partial charge in [-0.25, -0.2) is 5.43 Å². The van der Waals surface area contributed by atoms with Gasteiger partial charge < -0.3 is 5.32 Å². The highest BCUT2D eigenvalue weighted by Gasteiger charge is 2.10. The molecule has 0 aromatic heterocycles. The van der Waals surface area contributed by atoms with Gasteiger partial charge in [-0.15, -0.1) is 0 Å². The number of rotatable bonds is 5. The smallest absolute Gasteiger partial charge is 0.259 e. The summed E-state index contributed by atoms with van der Waals surface area (Å²) in [7, 11) is 0. The Morgan fingerprint density at radius 3 is 2.68 bits per heavy atom. The zero-order chi connectivity index (χ0) is 14.3. The lowest BCUT2D eigenvalue weighted by molar-refractivity contribution is -0.120. The maximum atomic E-state index is 11.7. The third-order valence-electron chi connectivity index (χ3n) is 2.09. The van der Waals surface area contributed by atoms with Gasteiger partial charge in [-0.05, 0) is 18.1 Å². The van der Waals surface area contributed by atoms with Crippen LogP contribution in [0.25, 0.3) is 0 Å². The average Bonchev–Trinajstić information content (AvgIpc) is 2.36. The van der Waals surface area contributed by atoms with Gasteiger partial charge in [0.05, 0.1) is 17.1 Å². The Hall–Kier alpha value is -1.88. The van der Waals surface area contributed by atoms with E-state index < -0.39 is 11.8 Å². The number of carbonyl (C=O) groups is 2. The first kappa shape index (κ1) is 15.2. The molecule has 0 saturated heterocycles. The van der Waals surface area contributed by atoms with Gasteiger partial charge in [0.15, 0.2) is 0 Å². The molecule has 0 fully saturated rings. The van der Waals surface area contributed by atoms with Crippen LogP contribution in [0.3, 0.4) is 0 Å². The highest BCUT2D eigenvalue weighted by Crippen LogP contribution is 2.14. The van der Waals surface area contributed by atoms with Crippen molar-refractivity contribution in [3.05, 3.63) is 34.9 Å². The van der Waals surface area contributed by atoms with E-state index in [9.17, 15) is 9.59 Å². The van der Waals surface area contributed by atoms with Gasteiger partial charge in [0.1, 0.15) is 0 Å². The molecule has 0 heterocycles. The molecule has 2 amide bonds. The Kier molecular flexibility index (Phi) is 6.02. The number of carbonyl (C=O) groups excluding carboxylic acids is 2. The summed E-state index contributed by atoms with van der Waals surface area (Å²) in [6.07, 6.45) is 1.60. The fourth-order valence-electron chi connectivity index (χ4n) is 1.20. The quantitative estimate of drug-likeness (QED) is 0.638. The Bertz CT molecular complexity index is 487. The summed E-state index contributed by atoms with van der Waals surface area (Å²) in [6.45, 7) is 3.73.